The molecule has 0 radical (unpaired) electrons. The van der Waals surface area contributed by atoms with Gasteiger partial charge in [-0.15, -0.1) is 0 Å². The molecule has 0 saturated carbocycles. The first-order valence-electron chi connectivity index (χ1n) is 5.40. The maximum atomic E-state index is 9.70. The van der Waals surface area contributed by atoms with Crippen molar-refractivity contribution in [1.82, 2.24) is 4.98 Å². The molecule has 0 amide bonds. The number of aliphatic hydroxyl groups excluding tert-OH is 1. The van der Waals surface area contributed by atoms with Gasteiger partial charge in [-0.3, -0.25) is 4.98 Å². The van der Waals surface area contributed by atoms with E-state index in [2.05, 4.69) is 11.9 Å². The van der Waals surface area contributed by atoms with Gasteiger partial charge in [0.05, 0.1) is 6.10 Å². The molecular weight excluding hydrogens is 174 g/mol. The van der Waals surface area contributed by atoms with Crippen LogP contribution in [0.5, 0.6) is 0 Å². The van der Waals surface area contributed by atoms with Gasteiger partial charge in [0.25, 0.3) is 0 Å². The number of hydrogen-bond donors (Lipinski definition) is 1. The van der Waals surface area contributed by atoms with Gasteiger partial charge >= 0.3 is 0 Å². The summed E-state index contributed by atoms with van der Waals surface area (Å²) in [5, 5.41) is 9.70. The van der Waals surface area contributed by atoms with Crippen LogP contribution in [0.4, 0.5) is 0 Å². The van der Waals surface area contributed by atoms with E-state index in [0.29, 0.717) is 0 Å². The van der Waals surface area contributed by atoms with E-state index in [9.17, 15) is 5.11 Å². The van der Waals surface area contributed by atoms with Crippen LogP contribution in [0.3, 0.4) is 0 Å². The van der Waals surface area contributed by atoms with E-state index in [0.717, 1.165) is 24.8 Å². The molecule has 0 bridgehead atoms. The molecular formula is C12H19NO. The Bertz CT molecular complexity index is 235. The molecule has 0 aliphatic rings. The number of pyridine rings is 1. The van der Waals surface area contributed by atoms with Gasteiger partial charge in [-0.05, 0) is 24.5 Å². The normalized spacial score (nSPS) is 12.7. The van der Waals surface area contributed by atoms with Crippen molar-refractivity contribution < 1.29 is 5.11 Å². The highest BCUT2D eigenvalue weighted by Gasteiger charge is 2.04. The lowest BCUT2D eigenvalue weighted by molar-refractivity contribution is 0.161. The Hall–Kier alpha value is -0.890. The van der Waals surface area contributed by atoms with Gasteiger partial charge in [0.2, 0.25) is 0 Å². The summed E-state index contributed by atoms with van der Waals surface area (Å²) >= 11 is 0. The third-order valence-corrected chi connectivity index (χ3v) is 2.34. The molecule has 0 saturated heterocycles. The SMILES string of the molecule is CCCCCC(O)Cc1cccnc1. The van der Waals surface area contributed by atoms with Crippen LogP contribution in [0, 0.1) is 0 Å². The van der Waals surface area contributed by atoms with E-state index in [1.165, 1.54) is 12.8 Å². The van der Waals surface area contributed by atoms with E-state index >= 15 is 0 Å². The van der Waals surface area contributed by atoms with Crippen LogP contribution in [0.1, 0.15) is 38.2 Å². The molecule has 1 atom stereocenters. The molecule has 2 heteroatoms. The highest BCUT2D eigenvalue weighted by Crippen LogP contribution is 2.08. The fourth-order valence-electron chi connectivity index (χ4n) is 1.52. The van der Waals surface area contributed by atoms with Crippen LogP contribution in [0.2, 0.25) is 0 Å². The first kappa shape index (κ1) is 11.2. The van der Waals surface area contributed by atoms with Crippen LogP contribution in [-0.2, 0) is 6.42 Å². The number of nitrogens with zero attached hydrogens (tertiary/aromatic N) is 1. The lowest BCUT2D eigenvalue weighted by Crippen LogP contribution is -2.10. The van der Waals surface area contributed by atoms with Crippen LogP contribution < -0.4 is 0 Å². The zero-order valence-corrected chi connectivity index (χ0v) is 8.82. The molecule has 0 fully saturated rings. The van der Waals surface area contributed by atoms with Crippen molar-refractivity contribution in [1.29, 1.82) is 0 Å². The average molecular weight is 193 g/mol. The highest BCUT2D eigenvalue weighted by molar-refractivity contribution is 5.09. The van der Waals surface area contributed by atoms with Crippen molar-refractivity contribution in [3.8, 4) is 0 Å². The third kappa shape index (κ3) is 4.38. The minimum Gasteiger partial charge on any atom is -0.393 e. The zero-order valence-electron chi connectivity index (χ0n) is 8.82. The van der Waals surface area contributed by atoms with Gasteiger partial charge in [0, 0.05) is 12.4 Å². The zero-order chi connectivity index (χ0) is 10.2. The molecule has 1 rings (SSSR count). The number of aromatic nitrogens is 1. The highest BCUT2D eigenvalue weighted by atomic mass is 16.3. The maximum absolute atomic E-state index is 9.70. The standard InChI is InChI=1S/C12H19NO/c1-2-3-4-7-12(14)9-11-6-5-8-13-10-11/h5-6,8,10,12,14H,2-4,7,9H2,1H3. The molecule has 1 heterocycles. The molecule has 0 aromatic carbocycles. The van der Waals surface area contributed by atoms with Crippen LogP contribution >= 0.6 is 0 Å². The molecule has 0 aliphatic carbocycles. The molecule has 0 spiro atoms. The Kier molecular flexibility index (Phi) is 5.23. The summed E-state index contributed by atoms with van der Waals surface area (Å²) in [6.45, 7) is 2.17. The van der Waals surface area contributed by atoms with Crippen molar-refractivity contribution in [2.24, 2.45) is 0 Å². The van der Waals surface area contributed by atoms with Crippen molar-refractivity contribution in [3.05, 3.63) is 30.1 Å². The van der Waals surface area contributed by atoms with Crippen LogP contribution in [-0.4, -0.2) is 16.2 Å². The average Bonchev–Trinajstić information content (AvgIpc) is 2.20. The van der Waals surface area contributed by atoms with E-state index in [4.69, 9.17) is 0 Å². The molecule has 0 aliphatic heterocycles. The summed E-state index contributed by atoms with van der Waals surface area (Å²) in [6.07, 6.45) is 8.56. The topological polar surface area (TPSA) is 33.1 Å². The van der Waals surface area contributed by atoms with Gasteiger partial charge in [-0.25, -0.2) is 0 Å². The molecule has 1 aromatic heterocycles. The van der Waals surface area contributed by atoms with E-state index in [-0.39, 0.29) is 6.10 Å². The monoisotopic (exact) mass is 193 g/mol. The van der Waals surface area contributed by atoms with Crippen molar-refractivity contribution in [2.75, 3.05) is 0 Å². The van der Waals surface area contributed by atoms with E-state index in [1.807, 2.05) is 18.3 Å². The summed E-state index contributed by atoms with van der Waals surface area (Å²) < 4.78 is 0. The third-order valence-electron chi connectivity index (χ3n) is 2.34. The fourth-order valence-corrected chi connectivity index (χ4v) is 1.52. The van der Waals surface area contributed by atoms with Crippen molar-refractivity contribution in [3.63, 3.8) is 0 Å². The maximum Gasteiger partial charge on any atom is 0.0581 e. The van der Waals surface area contributed by atoms with Crippen LogP contribution in [0.25, 0.3) is 0 Å². The van der Waals surface area contributed by atoms with Gasteiger partial charge in [0.15, 0.2) is 0 Å². The van der Waals surface area contributed by atoms with Crippen molar-refractivity contribution >= 4 is 0 Å². The van der Waals surface area contributed by atoms with Crippen LogP contribution in [0.15, 0.2) is 24.5 Å². The van der Waals surface area contributed by atoms with Gasteiger partial charge < -0.3 is 5.11 Å². The van der Waals surface area contributed by atoms with E-state index < -0.39 is 0 Å². The minimum atomic E-state index is -0.203. The van der Waals surface area contributed by atoms with E-state index in [1.54, 1.807) is 6.20 Å². The Morgan fingerprint density at radius 1 is 1.43 bits per heavy atom. The molecule has 78 valence electrons. The summed E-state index contributed by atoms with van der Waals surface area (Å²) in [6, 6.07) is 3.92. The van der Waals surface area contributed by atoms with Gasteiger partial charge in [0.1, 0.15) is 0 Å². The van der Waals surface area contributed by atoms with Gasteiger partial charge in [-0.2, -0.15) is 0 Å². The molecule has 1 N–H and O–H groups in total. The molecule has 14 heavy (non-hydrogen) atoms. The number of unbranched alkanes of at least 4 members (excludes halogenated alkanes) is 2. The lowest BCUT2D eigenvalue weighted by atomic mass is 10.0. The second-order valence-electron chi connectivity index (χ2n) is 3.72. The summed E-state index contributed by atoms with van der Waals surface area (Å²) in [5.74, 6) is 0. The fraction of sp³-hybridized carbons (Fsp3) is 0.583. The largest absolute Gasteiger partial charge is 0.393 e. The minimum absolute atomic E-state index is 0.203. The van der Waals surface area contributed by atoms with Crippen molar-refractivity contribution in [2.45, 2.75) is 45.1 Å². The van der Waals surface area contributed by atoms with Gasteiger partial charge in [-0.1, -0.05) is 32.3 Å². The molecule has 2 nitrogen and oxygen atoms in total. The Morgan fingerprint density at radius 2 is 2.29 bits per heavy atom. The lowest BCUT2D eigenvalue weighted by Gasteiger charge is -2.09. The quantitative estimate of drug-likeness (QED) is 0.704. The second kappa shape index (κ2) is 6.55. The summed E-state index contributed by atoms with van der Waals surface area (Å²) in [4.78, 5) is 4.02. The molecule has 1 unspecified atom stereocenters. The predicted molar refractivity (Wildman–Crippen MR) is 58.1 cm³/mol. The number of rotatable bonds is 6. The predicted octanol–water partition coefficient (Wildman–Crippen LogP) is 2.57. The molecule has 1 aromatic rings. The number of aliphatic hydroxyl groups is 1. The second-order valence-corrected chi connectivity index (χ2v) is 3.72. The first-order valence-corrected chi connectivity index (χ1v) is 5.40. The Morgan fingerprint density at radius 3 is 2.93 bits per heavy atom. The number of hydrogen-bond acceptors (Lipinski definition) is 2. The Labute approximate surface area is 86.0 Å². The Balaban J connectivity index is 2.23. The smallest absolute Gasteiger partial charge is 0.0581 e. The first-order chi connectivity index (χ1) is 6.83. The summed E-state index contributed by atoms with van der Waals surface area (Å²) in [5.41, 5.74) is 1.12. The summed E-state index contributed by atoms with van der Waals surface area (Å²) in [7, 11) is 0.